The van der Waals surface area contributed by atoms with Gasteiger partial charge in [-0.25, -0.2) is 4.98 Å². The third-order valence-corrected chi connectivity index (χ3v) is 4.62. The summed E-state index contributed by atoms with van der Waals surface area (Å²) in [4.78, 5) is 15.8. The van der Waals surface area contributed by atoms with E-state index in [-0.39, 0.29) is 5.91 Å². The number of amides is 1. The highest BCUT2D eigenvalue weighted by Gasteiger charge is 2.18. The van der Waals surface area contributed by atoms with Crippen LogP contribution in [-0.2, 0) is 4.74 Å². The molecular weight excluding hydrogens is 338 g/mol. The molecule has 0 radical (unpaired) electrons. The van der Waals surface area contributed by atoms with Gasteiger partial charge in [-0.3, -0.25) is 4.79 Å². The largest absolute Gasteiger partial charge is 0.382 e. The number of nitrogens with zero attached hydrogens (tertiary/aromatic N) is 1. The zero-order valence-corrected chi connectivity index (χ0v) is 16.3. The molecule has 1 amide bonds. The molecule has 0 unspecified atom stereocenters. The number of carbonyl (C=O) groups is 1. The molecule has 1 heterocycles. The highest BCUT2D eigenvalue weighted by molar-refractivity contribution is 5.97. The molecule has 0 spiro atoms. The van der Waals surface area contributed by atoms with Gasteiger partial charge in [-0.1, -0.05) is 12.1 Å². The molecule has 5 nitrogen and oxygen atoms in total. The molecule has 0 fully saturated rings. The van der Waals surface area contributed by atoms with E-state index in [1.165, 1.54) is 5.56 Å². The number of imidazole rings is 1. The Balaban J connectivity index is 1.74. The molecule has 0 atom stereocenters. The number of aryl methyl sites for hydroxylation is 2. The molecule has 3 rings (SSSR count). The Kier molecular flexibility index (Phi) is 6.24. The van der Waals surface area contributed by atoms with E-state index >= 15 is 0 Å². The second-order valence-electron chi connectivity index (χ2n) is 6.78. The van der Waals surface area contributed by atoms with E-state index in [2.05, 4.69) is 46.1 Å². The van der Waals surface area contributed by atoms with Gasteiger partial charge < -0.3 is 10.1 Å². The number of hydrogen-bond acceptors (Lipinski definition) is 2. The molecule has 142 valence electrons. The Hall–Kier alpha value is -2.66. The van der Waals surface area contributed by atoms with Crippen LogP contribution in [0.15, 0.2) is 42.5 Å². The zero-order chi connectivity index (χ0) is 19.2. The highest BCUT2D eigenvalue weighted by Crippen LogP contribution is 2.16. The number of hydrogen-bond donors (Lipinski definition) is 2. The summed E-state index contributed by atoms with van der Waals surface area (Å²) in [6.45, 7) is 8.27. The van der Waals surface area contributed by atoms with Gasteiger partial charge in [0.15, 0.2) is 11.0 Å². The second kappa shape index (κ2) is 8.82. The summed E-state index contributed by atoms with van der Waals surface area (Å²) >= 11 is 0. The summed E-state index contributed by atoms with van der Waals surface area (Å²) < 4.78 is 7.49. The Bertz CT molecular complexity index is 930. The van der Waals surface area contributed by atoms with Gasteiger partial charge in [-0.2, -0.15) is 4.57 Å². The minimum atomic E-state index is -0.0392. The fourth-order valence-corrected chi connectivity index (χ4v) is 3.28. The van der Waals surface area contributed by atoms with Crippen molar-refractivity contribution in [3.63, 3.8) is 0 Å². The average molecular weight is 366 g/mol. The van der Waals surface area contributed by atoms with Crippen molar-refractivity contribution in [2.24, 2.45) is 0 Å². The molecule has 0 bridgehead atoms. The smallest absolute Gasteiger partial charge is 0.257 e. The maximum Gasteiger partial charge on any atom is 0.257 e. The van der Waals surface area contributed by atoms with Crippen LogP contribution < -0.4 is 9.88 Å². The summed E-state index contributed by atoms with van der Waals surface area (Å²) in [6.07, 6.45) is 1.88. The molecule has 0 aliphatic heterocycles. The third kappa shape index (κ3) is 4.55. The van der Waals surface area contributed by atoms with E-state index in [9.17, 15) is 4.79 Å². The summed E-state index contributed by atoms with van der Waals surface area (Å²) in [5.74, 6) is 0.992. The van der Waals surface area contributed by atoms with Crippen molar-refractivity contribution >= 4 is 16.9 Å². The molecular formula is C22H28N3O2+. The van der Waals surface area contributed by atoms with Crippen LogP contribution in [0.5, 0.6) is 0 Å². The van der Waals surface area contributed by atoms with Gasteiger partial charge in [-0.15, -0.1) is 0 Å². The minimum absolute atomic E-state index is 0.0392. The number of carbonyl (C=O) groups excluding carboxylic acids is 1. The molecule has 0 aliphatic carbocycles. The van der Waals surface area contributed by atoms with Crippen LogP contribution in [0.3, 0.4) is 0 Å². The van der Waals surface area contributed by atoms with Crippen molar-refractivity contribution in [2.45, 2.75) is 33.6 Å². The van der Waals surface area contributed by atoms with E-state index in [0.29, 0.717) is 12.1 Å². The number of aromatic amines is 1. The van der Waals surface area contributed by atoms with Crippen molar-refractivity contribution in [1.82, 2.24) is 10.3 Å². The zero-order valence-electron chi connectivity index (χ0n) is 16.3. The predicted octanol–water partition coefficient (Wildman–Crippen LogP) is 3.61. The van der Waals surface area contributed by atoms with Crippen molar-refractivity contribution in [3.8, 4) is 5.69 Å². The van der Waals surface area contributed by atoms with Gasteiger partial charge >= 0.3 is 0 Å². The maximum atomic E-state index is 12.4. The Morgan fingerprint density at radius 1 is 1.15 bits per heavy atom. The van der Waals surface area contributed by atoms with Crippen LogP contribution >= 0.6 is 0 Å². The predicted molar refractivity (Wildman–Crippen MR) is 107 cm³/mol. The van der Waals surface area contributed by atoms with Crippen LogP contribution in [0.2, 0.25) is 0 Å². The number of ether oxygens (including phenoxy) is 1. The van der Waals surface area contributed by atoms with Crippen LogP contribution in [0.4, 0.5) is 0 Å². The van der Waals surface area contributed by atoms with Crippen LogP contribution in [0, 0.1) is 13.8 Å². The number of H-pyrrole nitrogens is 1. The number of fused-ring (bicyclic) bond motifs is 1. The van der Waals surface area contributed by atoms with E-state index in [0.717, 1.165) is 48.6 Å². The molecule has 0 saturated heterocycles. The van der Waals surface area contributed by atoms with Crippen LogP contribution in [-0.4, -0.2) is 30.6 Å². The van der Waals surface area contributed by atoms with E-state index in [1.54, 1.807) is 0 Å². The fourth-order valence-electron chi connectivity index (χ4n) is 3.28. The lowest BCUT2D eigenvalue weighted by Gasteiger charge is -2.05. The maximum absolute atomic E-state index is 12.4. The lowest BCUT2D eigenvalue weighted by molar-refractivity contribution is -0.574. The molecule has 27 heavy (non-hydrogen) atoms. The van der Waals surface area contributed by atoms with Crippen molar-refractivity contribution in [1.29, 1.82) is 0 Å². The van der Waals surface area contributed by atoms with Crippen molar-refractivity contribution in [3.05, 3.63) is 59.4 Å². The number of nitrogens with one attached hydrogen (secondary N) is 2. The normalized spacial score (nSPS) is 11.1. The summed E-state index contributed by atoms with van der Waals surface area (Å²) in [7, 11) is 0. The average Bonchev–Trinajstić information content (AvgIpc) is 2.99. The second-order valence-corrected chi connectivity index (χ2v) is 6.78. The Morgan fingerprint density at radius 3 is 2.78 bits per heavy atom. The van der Waals surface area contributed by atoms with Gasteiger partial charge in [0.05, 0.1) is 0 Å². The summed E-state index contributed by atoms with van der Waals surface area (Å²) in [6, 6.07) is 14.2. The number of unbranched alkanes of at least 4 members (excludes halogenated alkanes) is 1. The first kappa shape index (κ1) is 19.1. The molecule has 1 aromatic heterocycles. The van der Waals surface area contributed by atoms with E-state index in [1.807, 2.05) is 32.0 Å². The number of aromatic nitrogens is 2. The first-order chi connectivity index (χ1) is 13.1. The van der Waals surface area contributed by atoms with Gasteiger partial charge in [0.25, 0.3) is 11.7 Å². The fraction of sp³-hybridized carbons (Fsp3) is 0.364. The number of benzene rings is 2. The van der Waals surface area contributed by atoms with Crippen molar-refractivity contribution in [2.75, 3.05) is 19.8 Å². The summed E-state index contributed by atoms with van der Waals surface area (Å²) in [5.41, 5.74) is 5.02. The first-order valence-electron chi connectivity index (χ1n) is 9.57. The molecule has 2 N–H and O–H groups in total. The lowest BCUT2D eigenvalue weighted by Crippen LogP contribution is -2.32. The van der Waals surface area contributed by atoms with Gasteiger partial charge in [-0.05, 0) is 56.5 Å². The van der Waals surface area contributed by atoms with E-state index < -0.39 is 0 Å². The van der Waals surface area contributed by atoms with Gasteiger partial charge in [0, 0.05) is 38.3 Å². The van der Waals surface area contributed by atoms with Gasteiger partial charge in [0.2, 0.25) is 0 Å². The minimum Gasteiger partial charge on any atom is -0.382 e. The first-order valence-corrected chi connectivity index (χ1v) is 9.57. The molecule has 3 aromatic rings. The third-order valence-electron chi connectivity index (χ3n) is 4.62. The molecule has 2 aromatic carbocycles. The SMILES string of the molecule is CCOCCCCNC(=O)c1ccc2c(c1)[nH]c(C)[n+]2-c1cccc(C)c1. The molecule has 0 saturated carbocycles. The molecule has 5 heteroatoms. The van der Waals surface area contributed by atoms with Crippen LogP contribution in [0.25, 0.3) is 16.7 Å². The highest BCUT2D eigenvalue weighted by atomic mass is 16.5. The Labute approximate surface area is 160 Å². The van der Waals surface area contributed by atoms with Gasteiger partial charge in [0.1, 0.15) is 5.69 Å². The van der Waals surface area contributed by atoms with Crippen molar-refractivity contribution < 1.29 is 14.1 Å². The lowest BCUT2D eigenvalue weighted by atomic mass is 10.1. The number of rotatable bonds is 8. The molecule has 0 aliphatic rings. The quantitative estimate of drug-likeness (QED) is 0.473. The topological polar surface area (TPSA) is 58.0 Å². The Morgan fingerprint density at radius 2 is 2.00 bits per heavy atom. The monoisotopic (exact) mass is 366 g/mol. The van der Waals surface area contributed by atoms with Crippen LogP contribution in [0.1, 0.15) is 41.5 Å². The van der Waals surface area contributed by atoms with E-state index in [4.69, 9.17) is 4.74 Å². The summed E-state index contributed by atoms with van der Waals surface area (Å²) in [5, 5.41) is 2.99. The standard InChI is InChI=1S/C22H27N3O2/c1-4-27-13-6-5-12-23-22(26)18-10-11-21-20(15-18)24-17(3)25(21)19-9-7-8-16(2)14-19/h7-11,14-15H,4-6,12-13H2,1-3H3,(H,23,26)/p+1.